The van der Waals surface area contributed by atoms with Crippen molar-refractivity contribution in [3.05, 3.63) is 108 Å². The molecule has 0 aliphatic carbocycles. The van der Waals surface area contributed by atoms with E-state index in [1.807, 2.05) is 30.3 Å². The highest BCUT2D eigenvalue weighted by Gasteiger charge is 2.29. The summed E-state index contributed by atoms with van der Waals surface area (Å²) in [6, 6.07) is 31.4. The van der Waals surface area contributed by atoms with E-state index in [1.165, 1.54) is 27.5 Å². The average molecular weight is 496 g/mol. The molecule has 0 aromatic heterocycles. The van der Waals surface area contributed by atoms with Crippen molar-refractivity contribution in [2.75, 3.05) is 13.2 Å². The van der Waals surface area contributed by atoms with E-state index in [4.69, 9.17) is 14.6 Å². The van der Waals surface area contributed by atoms with Crippen molar-refractivity contribution in [2.45, 2.75) is 44.2 Å². The van der Waals surface area contributed by atoms with Crippen LogP contribution in [0, 0.1) is 0 Å². The van der Waals surface area contributed by atoms with Gasteiger partial charge in [0.15, 0.2) is 6.61 Å². The van der Waals surface area contributed by atoms with Crippen LogP contribution in [-0.2, 0) is 4.79 Å². The van der Waals surface area contributed by atoms with Gasteiger partial charge in [0, 0.05) is 17.5 Å². The maximum atomic E-state index is 10.8. The molecule has 1 heterocycles. The summed E-state index contributed by atoms with van der Waals surface area (Å²) in [7, 11) is 0. The molecule has 0 saturated heterocycles. The molecule has 0 amide bonds. The molecule has 0 spiro atoms. The van der Waals surface area contributed by atoms with E-state index in [0.717, 1.165) is 31.6 Å². The second-order valence-electron chi connectivity index (χ2n) is 9.59. The molecular formula is C32H33NO4. The minimum atomic E-state index is -0.982. The fraction of sp³-hybridized carbons (Fsp3) is 0.281. The summed E-state index contributed by atoms with van der Waals surface area (Å²) in [5.41, 5.74) is 3.71. The van der Waals surface area contributed by atoms with Crippen molar-refractivity contribution in [3.63, 3.8) is 0 Å². The maximum absolute atomic E-state index is 10.8. The van der Waals surface area contributed by atoms with Gasteiger partial charge in [0.25, 0.3) is 0 Å². The van der Waals surface area contributed by atoms with Crippen molar-refractivity contribution in [1.82, 2.24) is 5.32 Å². The van der Waals surface area contributed by atoms with Gasteiger partial charge < -0.3 is 19.9 Å². The lowest BCUT2D eigenvalue weighted by molar-refractivity contribution is -0.139. The number of carbonyl (C=O) groups is 1. The lowest BCUT2D eigenvalue weighted by atomic mass is 9.83. The number of ether oxygens (including phenoxy) is 2. The van der Waals surface area contributed by atoms with E-state index in [-0.39, 0.29) is 24.7 Å². The Balaban J connectivity index is 1.27. The lowest BCUT2D eigenvalue weighted by Crippen LogP contribution is -2.31. The number of para-hydroxylation sites is 1. The standard InChI is InChI=1S/C32H33NO4/c1-2-30(27-12-7-9-22-8-3-4-10-26(22)27)33-19-18-25-20-29(28-11-5-6-13-31(28)37-25)23-14-16-24(17-15-23)36-21-32(34)35/h3-17,25,29-30,33H,2,18-21H2,1H3,(H,34,35)/t25?,29?,30-/m1/s1. The zero-order valence-electron chi connectivity index (χ0n) is 21.1. The molecule has 1 aliphatic rings. The Morgan fingerprint density at radius 2 is 1.76 bits per heavy atom. The number of rotatable bonds is 10. The van der Waals surface area contributed by atoms with Crippen LogP contribution in [0.15, 0.2) is 91.0 Å². The Morgan fingerprint density at radius 1 is 1.00 bits per heavy atom. The normalized spacial score (nSPS) is 17.5. The molecule has 4 aromatic carbocycles. The van der Waals surface area contributed by atoms with Crippen molar-refractivity contribution >= 4 is 16.7 Å². The number of carboxylic acids is 1. The van der Waals surface area contributed by atoms with Crippen molar-refractivity contribution in [1.29, 1.82) is 0 Å². The van der Waals surface area contributed by atoms with E-state index in [2.05, 4.69) is 72.9 Å². The number of fused-ring (bicyclic) bond motifs is 2. The fourth-order valence-electron chi connectivity index (χ4n) is 5.37. The Hall–Kier alpha value is -3.83. The molecule has 5 nitrogen and oxygen atoms in total. The Bertz CT molecular complexity index is 1350. The molecule has 37 heavy (non-hydrogen) atoms. The molecule has 2 N–H and O–H groups in total. The third kappa shape index (κ3) is 5.78. The first-order valence-electron chi connectivity index (χ1n) is 13.0. The highest BCUT2D eigenvalue weighted by atomic mass is 16.5. The van der Waals surface area contributed by atoms with Crippen LogP contribution in [0.4, 0.5) is 0 Å². The Labute approximate surface area is 218 Å². The molecular weight excluding hydrogens is 462 g/mol. The van der Waals surface area contributed by atoms with E-state index in [0.29, 0.717) is 5.75 Å². The summed E-state index contributed by atoms with van der Waals surface area (Å²) in [5.74, 6) is 0.732. The molecule has 5 heteroatoms. The molecule has 3 atom stereocenters. The fourth-order valence-corrected chi connectivity index (χ4v) is 5.37. The Morgan fingerprint density at radius 3 is 2.57 bits per heavy atom. The largest absolute Gasteiger partial charge is 0.490 e. The third-order valence-electron chi connectivity index (χ3n) is 7.20. The Kier molecular flexibility index (Phi) is 7.71. The number of carboxylic acid groups (broad SMARTS) is 1. The minimum Gasteiger partial charge on any atom is -0.490 e. The summed E-state index contributed by atoms with van der Waals surface area (Å²) in [6.07, 6.45) is 2.91. The summed E-state index contributed by atoms with van der Waals surface area (Å²) < 4.78 is 11.8. The van der Waals surface area contributed by atoms with Gasteiger partial charge in [-0.05, 0) is 65.9 Å². The molecule has 2 unspecified atom stereocenters. The molecule has 5 rings (SSSR count). The van der Waals surface area contributed by atoms with Gasteiger partial charge in [-0.3, -0.25) is 0 Å². The molecule has 4 aromatic rings. The second-order valence-corrected chi connectivity index (χ2v) is 9.59. The first-order chi connectivity index (χ1) is 18.1. The topological polar surface area (TPSA) is 67.8 Å². The van der Waals surface area contributed by atoms with Crippen LogP contribution < -0.4 is 14.8 Å². The van der Waals surface area contributed by atoms with Gasteiger partial charge in [0.05, 0.1) is 0 Å². The van der Waals surface area contributed by atoms with Crippen LogP contribution in [-0.4, -0.2) is 30.3 Å². The van der Waals surface area contributed by atoms with E-state index >= 15 is 0 Å². The van der Waals surface area contributed by atoms with Crippen molar-refractivity contribution in [3.8, 4) is 11.5 Å². The smallest absolute Gasteiger partial charge is 0.341 e. The van der Waals surface area contributed by atoms with E-state index in [9.17, 15) is 4.79 Å². The van der Waals surface area contributed by atoms with Crippen LogP contribution in [0.3, 0.4) is 0 Å². The summed E-state index contributed by atoms with van der Waals surface area (Å²) in [6.45, 7) is 2.75. The third-order valence-corrected chi connectivity index (χ3v) is 7.20. The van der Waals surface area contributed by atoms with Crippen LogP contribution >= 0.6 is 0 Å². The molecule has 190 valence electrons. The van der Waals surface area contributed by atoms with Gasteiger partial charge in [0.2, 0.25) is 0 Å². The van der Waals surface area contributed by atoms with Crippen LogP contribution in [0.2, 0.25) is 0 Å². The van der Waals surface area contributed by atoms with Crippen LogP contribution in [0.1, 0.15) is 54.8 Å². The van der Waals surface area contributed by atoms with Crippen LogP contribution in [0.25, 0.3) is 10.8 Å². The number of benzene rings is 4. The summed E-state index contributed by atoms with van der Waals surface area (Å²) in [4.78, 5) is 10.8. The van der Waals surface area contributed by atoms with Crippen molar-refractivity contribution in [2.24, 2.45) is 0 Å². The summed E-state index contributed by atoms with van der Waals surface area (Å²) in [5, 5.41) is 15.2. The highest BCUT2D eigenvalue weighted by molar-refractivity contribution is 5.86. The monoisotopic (exact) mass is 495 g/mol. The van der Waals surface area contributed by atoms with Gasteiger partial charge in [-0.25, -0.2) is 4.79 Å². The molecule has 0 fully saturated rings. The lowest BCUT2D eigenvalue weighted by Gasteiger charge is -2.33. The number of hydrogen-bond acceptors (Lipinski definition) is 4. The number of hydrogen-bond donors (Lipinski definition) is 2. The van der Waals surface area contributed by atoms with Gasteiger partial charge in [-0.15, -0.1) is 0 Å². The number of aliphatic carboxylic acids is 1. The van der Waals surface area contributed by atoms with Gasteiger partial charge in [0.1, 0.15) is 17.6 Å². The second kappa shape index (κ2) is 11.5. The predicted octanol–water partition coefficient (Wildman–Crippen LogP) is 6.72. The zero-order chi connectivity index (χ0) is 25.6. The average Bonchev–Trinajstić information content (AvgIpc) is 2.94. The summed E-state index contributed by atoms with van der Waals surface area (Å²) >= 11 is 0. The van der Waals surface area contributed by atoms with Gasteiger partial charge in [-0.2, -0.15) is 0 Å². The predicted molar refractivity (Wildman–Crippen MR) is 146 cm³/mol. The minimum absolute atomic E-state index is 0.0976. The zero-order valence-corrected chi connectivity index (χ0v) is 21.1. The molecule has 1 aliphatic heterocycles. The van der Waals surface area contributed by atoms with E-state index in [1.54, 1.807) is 0 Å². The first-order valence-corrected chi connectivity index (χ1v) is 13.0. The molecule has 0 saturated carbocycles. The molecule has 0 bridgehead atoms. The molecule has 0 radical (unpaired) electrons. The number of nitrogens with one attached hydrogen (secondary N) is 1. The maximum Gasteiger partial charge on any atom is 0.341 e. The van der Waals surface area contributed by atoms with Crippen LogP contribution in [0.5, 0.6) is 11.5 Å². The van der Waals surface area contributed by atoms with E-state index < -0.39 is 5.97 Å². The van der Waals surface area contributed by atoms with Gasteiger partial charge in [-0.1, -0.05) is 79.7 Å². The van der Waals surface area contributed by atoms with Crippen molar-refractivity contribution < 1.29 is 19.4 Å². The quantitative estimate of drug-likeness (QED) is 0.256. The van der Waals surface area contributed by atoms with Gasteiger partial charge >= 0.3 is 5.97 Å². The SMILES string of the molecule is CC[C@@H](NCCC1CC(c2ccc(OCC(=O)O)cc2)c2ccccc2O1)c1cccc2ccccc12. The first kappa shape index (κ1) is 24.8. The highest BCUT2D eigenvalue weighted by Crippen LogP contribution is 2.41.